The molecule has 0 saturated heterocycles. The van der Waals surface area contributed by atoms with Gasteiger partial charge in [-0.15, -0.1) is 0 Å². The number of aromatic nitrogens is 3. The third-order valence-corrected chi connectivity index (χ3v) is 2.82. The second-order valence-electron chi connectivity index (χ2n) is 2.70. The Labute approximate surface area is 80.9 Å². The highest BCUT2D eigenvalue weighted by atomic mass is 31.2. The van der Waals surface area contributed by atoms with E-state index in [1.54, 1.807) is 7.05 Å². The van der Waals surface area contributed by atoms with Gasteiger partial charge >= 0.3 is 13.6 Å². The van der Waals surface area contributed by atoms with Crippen LogP contribution in [0.2, 0.25) is 0 Å². The van der Waals surface area contributed by atoms with Gasteiger partial charge in [0.05, 0.1) is 6.16 Å². The average molecular weight is 221 g/mol. The molecule has 0 saturated carbocycles. The molecule has 1 aromatic heterocycles. The molecule has 14 heavy (non-hydrogen) atoms. The highest BCUT2D eigenvalue weighted by Crippen LogP contribution is 2.41. The molecule has 0 aliphatic carbocycles. The molecule has 1 aromatic rings. The fourth-order valence-corrected chi connectivity index (χ4v) is 1.86. The first kappa shape index (κ1) is 11.2. The topological polar surface area (TPSA) is 97.5 Å². The van der Waals surface area contributed by atoms with Crippen molar-refractivity contribution in [3.05, 3.63) is 6.33 Å². The van der Waals surface area contributed by atoms with E-state index >= 15 is 0 Å². The van der Waals surface area contributed by atoms with Crippen LogP contribution in [0, 0.1) is 0 Å². The van der Waals surface area contributed by atoms with Crippen LogP contribution in [0.5, 0.6) is 6.01 Å². The van der Waals surface area contributed by atoms with E-state index in [1.165, 1.54) is 11.0 Å². The Morgan fingerprint density at radius 1 is 1.71 bits per heavy atom. The van der Waals surface area contributed by atoms with Crippen LogP contribution in [0.25, 0.3) is 0 Å². The van der Waals surface area contributed by atoms with E-state index in [9.17, 15) is 9.46 Å². The average Bonchev–Trinajstić information content (AvgIpc) is 2.48. The van der Waals surface area contributed by atoms with E-state index in [0.717, 1.165) is 0 Å². The second kappa shape index (κ2) is 4.54. The van der Waals surface area contributed by atoms with Gasteiger partial charge < -0.3 is 14.5 Å². The Morgan fingerprint density at radius 2 is 2.43 bits per heavy atom. The Balaban J connectivity index is 2.59. The van der Waals surface area contributed by atoms with E-state index in [1.807, 2.05) is 0 Å². The predicted molar refractivity (Wildman–Crippen MR) is 48.0 cm³/mol. The predicted octanol–water partition coefficient (Wildman–Crippen LogP) is -0.238. The molecule has 0 radical (unpaired) electrons. The Hall–Kier alpha value is -0.910. The molecular weight excluding hydrogens is 209 g/mol. The minimum Gasteiger partial charge on any atom is -0.396 e. The van der Waals surface area contributed by atoms with Gasteiger partial charge in [0, 0.05) is 13.7 Å². The van der Waals surface area contributed by atoms with Crippen LogP contribution in [-0.2, 0) is 11.6 Å². The lowest BCUT2D eigenvalue weighted by Crippen LogP contribution is -2.03. The summed E-state index contributed by atoms with van der Waals surface area (Å²) in [7, 11) is -2.16. The molecule has 1 atom stereocenters. The molecule has 0 aromatic carbocycles. The molecule has 1 unspecified atom stereocenters. The lowest BCUT2D eigenvalue weighted by Gasteiger charge is -2.10. The van der Waals surface area contributed by atoms with Gasteiger partial charge in [-0.05, 0) is 6.42 Å². The zero-order chi connectivity index (χ0) is 10.6. The largest absolute Gasteiger partial charge is 0.396 e. The summed E-state index contributed by atoms with van der Waals surface area (Å²) in [5.74, 6) is 0. The maximum absolute atomic E-state index is 11.3. The highest BCUT2D eigenvalue weighted by Gasteiger charge is 2.22. The van der Waals surface area contributed by atoms with Gasteiger partial charge in [-0.25, -0.2) is 9.25 Å². The number of aliphatic hydroxyl groups excluding tert-OH is 1. The number of rotatable bonds is 5. The van der Waals surface area contributed by atoms with Gasteiger partial charge in [0.25, 0.3) is 0 Å². The van der Waals surface area contributed by atoms with Crippen LogP contribution in [-0.4, -0.2) is 37.5 Å². The van der Waals surface area contributed by atoms with Gasteiger partial charge in [-0.2, -0.15) is 10.1 Å². The monoisotopic (exact) mass is 221 g/mol. The van der Waals surface area contributed by atoms with Crippen molar-refractivity contribution in [2.24, 2.45) is 7.05 Å². The van der Waals surface area contributed by atoms with E-state index in [2.05, 4.69) is 10.1 Å². The third-order valence-electron chi connectivity index (χ3n) is 1.49. The van der Waals surface area contributed by atoms with Crippen molar-refractivity contribution in [3.63, 3.8) is 0 Å². The minimum atomic E-state index is -3.71. The van der Waals surface area contributed by atoms with Gasteiger partial charge in [-0.1, -0.05) is 0 Å². The van der Waals surface area contributed by atoms with Gasteiger partial charge in [0.1, 0.15) is 6.33 Å². The molecule has 2 N–H and O–H groups in total. The van der Waals surface area contributed by atoms with E-state index in [0.29, 0.717) is 0 Å². The van der Waals surface area contributed by atoms with Crippen molar-refractivity contribution in [2.75, 3.05) is 12.8 Å². The summed E-state index contributed by atoms with van der Waals surface area (Å²) in [5, 5.41) is 12.2. The number of hydrogen-bond donors (Lipinski definition) is 2. The number of aryl methyl sites for hydroxylation is 1. The smallest absolute Gasteiger partial charge is 0.379 e. The van der Waals surface area contributed by atoms with E-state index in [4.69, 9.17) is 9.63 Å². The molecule has 1 rings (SSSR count). The zero-order valence-corrected chi connectivity index (χ0v) is 8.59. The number of hydrogen-bond acceptors (Lipinski definition) is 5. The standard InChI is InChI=1S/C6H12N3O4P/c1-9-6(7-5-8-9)13-14(11,12)4-2-3-10/h5,10H,2-4H2,1H3,(H,11,12). The summed E-state index contributed by atoms with van der Waals surface area (Å²) in [4.78, 5) is 12.9. The molecule has 0 fully saturated rings. The summed E-state index contributed by atoms with van der Waals surface area (Å²) in [6.07, 6.45) is 1.34. The summed E-state index contributed by atoms with van der Waals surface area (Å²) in [6.45, 7) is -0.146. The molecule has 0 aliphatic rings. The van der Waals surface area contributed by atoms with E-state index in [-0.39, 0.29) is 25.2 Å². The maximum Gasteiger partial charge on any atom is 0.379 e. The van der Waals surface area contributed by atoms with Crippen molar-refractivity contribution < 1.29 is 19.1 Å². The molecule has 0 spiro atoms. The molecule has 0 aliphatic heterocycles. The van der Waals surface area contributed by atoms with Gasteiger partial charge in [0.2, 0.25) is 0 Å². The SMILES string of the molecule is Cn1ncnc1OP(=O)(O)CCCO. The molecule has 8 heteroatoms. The summed E-state index contributed by atoms with van der Waals surface area (Å²) < 4.78 is 17.3. The number of aliphatic hydroxyl groups is 1. The molecule has 1 heterocycles. The third kappa shape index (κ3) is 3.10. The summed E-state index contributed by atoms with van der Waals surface area (Å²) >= 11 is 0. The second-order valence-corrected chi connectivity index (χ2v) is 4.60. The van der Waals surface area contributed by atoms with Crippen molar-refractivity contribution in [1.82, 2.24) is 14.8 Å². The maximum atomic E-state index is 11.3. The first-order valence-electron chi connectivity index (χ1n) is 4.01. The van der Waals surface area contributed by atoms with Crippen molar-refractivity contribution in [1.29, 1.82) is 0 Å². The molecule has 0 amide bonds. The first-order chi connectivity index (χ1) is 6.55. The molecule has 7 nitrogen and oxygen atoms in total. The quantitative estimate of drug-likeness (QED) is 0.666. The van der Waals surface area contributed by atoms with Crippen LogP contribution in [0.3, 0.4) is 0 Å². The van der Waals surface area contributed by atoms with Crippen LogP contribution in [0.4, 0.5) is 0 Å². The summed E-state index contributed by atoms with van der Waals surface area (Å²) in [5.41, 5.74) is 0. The van der Waals surface area contributed by atoms with Crippen molar-refractivity contribution >= 4 is 7.60 Å². The van der Waals surface area contributed by atoms with Gasteiger partial charge in [-0.3, -0.25) is 0 Å². The van der Waals surface area contributed by atoms with Crippen LogP contribution >= 0.6 is 7.60 Å². The fourth-order valence-electron chi connectivity index (χ4n) is 0.812. The first-order valence-corrected chi connectivity index (χ1v) is 5.78. The summed E-state index contributed by atoms with van der Waals surface area (Å²) in [6, 6.07) is -0.00577. The molecular formula is C6H12N3O4P. The molecule has 0 bridgehead atoms. The Morgan fingerprint density at radius 3 is 2.93 bits per heavy atom. The highest BCUT2D eigenvalue weighted by molar-refractivity contribution is 7.53. The lowest BCUT2D eigenvalue weighted by molar-refractivity contribution is 0.288. The minimum absolute atomic E-state index is 0.00577. The Kier molecular flexibility index (Phi) is 3.62. The van der Waals surface area contributed by atoms with Gasteiger partial charge in [0.15, 0.2) is 0 Å². The number of nitrogens with zero attached hydrogens (tertiary/aromatic N) is 3. The Bertz CT molecular complexity index is 340. The van der Waals surface area contributed by atoms with Crippen LogP contribution in [0.1, 0.15) is 6.42 Å². The van der Waals surface area contributed by atoms with Crippen molar-refractivity contribution in [3.8, 4) is 6.01 Å². The van der Waals surface area contributed by atoms with E-state index < -0.39 is 7.60 Å². The zero-order valence-electron chi connectivity index (χ0n) is 7.70. The van der Waals surface area contributed by atoms with Crippen LogP contribution < -0.4 is 4.52 Å². The van der Waals surface area contributed by atoms with Crippen molar-refractivity contribution in [2.45, 2.75) is 6.42 Å². The normalized spacial score (nSPS) is 15.1. The fraction of sp³-hybridized carbons (Fsp3) is 0.667. The van der Waals surface area contributed by atoms with Crippen LogP contribution in [0.15, 0.2) is 6.33 Å². The molecule has 80 valence electrons. The lowest BCUT2D eigenvalue weighted by atomic mass is 10.5.